The normalized spacial score (nSPS) is 20.7. The number of para-hydroxylation sites is 1. The van der Waals surface area contributed by atoms with E-state index in [1.165, 1.54) is 0 Å². The average Bonchev–Trinajstić information content (AvgIpc) is 2.71. The molecule has 8 nitrogen and oxygen atoms in total. The summed E-state index contributed by atoms with van der Waals surface area (Å²) in [5.41, 5.74) is 5.23. The molecule has 0 atom stereocenters. The first kappa shape index (κ1) is 20.9. The Hall–Kier alpha value is -2.87. The summed E-state index contributed by atoms with van der Waals surface area (Å²) in [7, 11) is 0. The van der Waals surface area contributed by atoms with Gasteiger partial charge in [0.15, 0.2) is 0 Å². The highest BCUT2D eigenvalue weighted by Gasteiger charge is 2.40. The number of hydrogen-bond acceptors (Lipinski definition) is 5. The molecule has 29 heavy (non-hydrogen) atoms. The molecule has 1 saturated heterocycles. The van der Waals surface area contributed by atoms with Crippen LogP contribution in [0.3, 0.4) is 0 Å². The van der Waals surface area contributed by atoms with Gasteiger partial charge in [-0.2, -0.15) is 0 Å². The molecule has 0 saturated carbocycles. The van der Waals surface area contributed by atoms with E-state index >= 15 is 0 Å². The van der Waals surface area contributed by atoms with Crippen LogP contribution >= 0.6 is 0 Å². The van der Waals surface area contributed by atoms with Gasteiger partial charge in [0.2, 0.25) is 11.8 Å². The quantitative estimate of drug-likeness (QED) is 0.624. The molecular weight excluding hydrogens is 372 g/mol. The Labute approximate surface area is 170 Å². The SMILES string of the molecule is NC(=O)CN1CCC2(CC=CCNC(=O)c3ccccc3OCCNC2=O)CC1. The average molecular weight is 400 g/mol. The van der Waals surface area contributed by atoms with Crippen molar-refractivity contribution in [3.63, 3.8) is 0 Å². The first-order chi connectivity index (χ1) is 14.0. The van der Waals surface area contributed by atoms with Gasteiger partial charge in [0.1, 0.15) is 12.4 Å². The molecule has 8 heteroatoms. The van der Waals surface area contributed by atoms with Crippen LogP contribution in [0.25, 0.3) is 0 Å². The Morgan fingerprint density at radius 2 is 1.90 bits per heavy atom. The summed E-state index contributed by atoms with van der Waals surface area (Å²) < 4.78 is 5.73. The van der Waals surface area contributed by atoms with E-state index in [-0.39, 0.29) is 30.9 Å². The molecule has 0 aliphatic carbocycles. The zero-order chi connectivity index (χ0) is 20.7. The molecule has 0 radical (unpaired) electrons. The molecule has 0 bridgehead atoms. The van der Waals surface area contributed by atoms with Crippen LogP contribution in [0, 0.1) is 5.41 Å². The molecular formula is C21H28N4O4. The third kappa shape index (κ3) is 5.35. The highest BCUT2D eigenvalue weighted by atomic mass is 16.5. The maximum atomic E-state index is 13.0. The second-order valence-electron chi connectivity index (χ2n) is 7.51. The lowest BCUT2D eigenvalue weighted by atomic mass is 9.74. The molecule has 3 amide bonds. The molecule has 1 aromatic rings. The predicted molar refractivity (Wildman–Crippen MR) is 108 cm³/mol. The number of nitrogens with zero attached hydrogens (tertiary/aromatic N) is 1. The number of piperidine rings is 1. The lowest BCUT2D eigenvalue weighted by molar-refractivity contribution is -0.134. The number of carbonyl (C=O) groups is 3. The van der Waals surface area contributed by atoms with Crippen LogP contribution in [0.15, 0.2) is 36.4 Å². The lowest BCUT2D eigenvalue weighted by Crippen LogP contribution is -2.50. The third-order valence-corrected chi connectivity index (χ3v) is 5.51. The number of amides is 3. The Bertz CT molecular complexity index is 785. The maximum Gasteiger partial charge on any atom is 0.255 e. The molecule has 3 rings (SSSR count). The van der Waals surface area contributed by atoms with Crippen LogP contribution in [0.2, 0.25) is 0 Å². The van der Waals surface area contributed by atoms with Gasteiger partial charge in [-0.15, -0.1) is 0 Å². The molecule has 2 heterocycles. The highest BCUT2D eigenvalue weighted by Crippen LogP contribution is 2.36. The first-order valence-electron chi connectivity index (χ1n) is 9.94. The Balaban J connectivity index is 1.70. The fourth-order valence-electron chi connectivity index (χ4n) is 3.82. The van der Waals surface area contributed by atoms with Crippen LogP contribution < -0.4 is 21.1 Å². The van der Waals surface area contributed by atoms with Crippen LogP contribution in [-0.4, -0.2) is 62.0 Å². The van der Waals surface area contributed by atoms with Gasteiger partial charge in [-0.3, -0.25) is 19.3 Å². The van der Waals surface area contributed by atoms with Gasteiger partial charge >= 0.3 is 0 Å². The van der Waals surface area contributed by atoms with Crippen molar-refractivity contribution in [2.45, 2.75) is 19.3 Å². The Kier molecular flexibility index (Phi) is 6.87. The largest absolute Gasteiger partial charge is 0.491 e. The van der Waals surface area contributed by atoms with Crippen molar-refractivity contribution < 1.29 is 19.1 Å². The number of hydrogen-bond donors (Lipinski definition) is 3. The minimum absolute atomic E-state index is 0.00106. The maximum absolute atomic E-state index is 13.0. The van der Waals surface area contributed by atoms with E-state index < -0.39 is 5.41 Å². The number of benzene rings is 1. The van der Waals surface area contributed by atoms with Crippen molar-refractivity contribution in [2.75, 3.05) is 39.3 Å². The van der Waals surface area contributed by atoms with Crippen molar-refractivity contribution >= 4 is 17.7 Å². The van der Waals surface area contributed by atoms with Gasteiger partial charge < -0.3 is 21.1 Å². The number of fused-ring (bicyclic) bond motifs is 1. The van der Waals surface area contributed by atoms with E-state index in [0.717, 1.165) is 0 Å². The van der Waals surface area contributed by atoms with Crippen LogP contribution in [0.4, 0.5) is 0 Å². The van der Waals surface area contributed by atoms with Crippen molar-refractivity contribution in [1.29, 1.82) is 0 Å². The number of nitrogens with two attached hydrogens (primary N) is 1. The Morgan fingerprint density at radius 1 is 1.14 bits per heavy atom. The summed E-state index contributed by atoms with van der Waals surface area (Å²) in [4.78, 5) is 38.6. The highest BCUT2D eigenvalue weighted by molar-refractivity contribution is 5.97. The van der Waals surface area contributed by atoms with Crippen molar-refractivity contribution in [1.82, 2.24) is 15.5 Å². The molecule has 0 aromatic heterocycles. The molecule has 1 aromatic carbocycles. The number of allylic oxidation sites excluding steroid dienone is 1. The van der Waals surface area contributed by atoms with Gasteiger partial charge in [-0.25, -0.2) is 0 Å². The van der Waals surface area contributed by atoms with Crippen molar-refractivity contribution in [3.8, 4) is 5.75 Å². The zero-order valence-corrected chi connectivity index (χ0v) is 16.5. The van der Waals surface area contributed by atoms with Gasteiger partial charge in [0.05, 0.1) is 24.1 Å². The van der Waals surface area contributed by atoms with Crippen molar-refractivity contribution in [2.24, 2.45) is 11.1 Å². The van der Waals surface area contributed by atoms with Gasteiger partial charge in [-0.1, -0.05) is 24.3 Å². The summed E-state index contributed by atoms with van der Waals surface area (Å²) in [6.45, 7) is 2.50. The van der Waals surface area contributed by atoms with E-state index in [4.69, 9.17) is 10.5 Å². The Morgan fingerprint density at radius 3 is 2.66 bits per heavy atom. The number of likely N-dealkylation sites (tertiary alicyclic amines) is 1. The standard InChI is InChI=1S/C21H28N4O4/c22-18(26)15-25-12-8-21(9-13-25)7-3-4-10-23-19(27)16-5-1-2-6-17(16)29-14-11-24-20(21)28/h1-6H,7-15H2,(H2,22,26)(H,23,27)(H,24,28). The van der Waals surface area contributed by atoms with Crippen molar-refractivity contribution in [3.05, 3.63) is 42.0 Å². The number of carbonyl (C=O) groups excluding carboxylic acids is 3. The van der Waals surface area contributed by atoms with Crippen LogP contribution in [-0.2, 0) is 9.59 Å². The molecule has 2 aliphatic heterocycles. The van der Waals surface area contributed by atoms with Crippen LogP contribution in [0.1, 0.15) is 29.6 Å². The van der Waals surface area contributed by atoms with Crippen LogP contribution in [0.5, 0.6) is 5.75 Å². The number of rotatable bonds is 2. The molecule has 4 N–H and O–H groups in total. The summed E-state index contributed by atoms with van der Waals surface area (Å²) in [6.07, 6.45) is 5.70. The molecule has 1 fully saturated rings. The third-order valence-electron chi connectivity index (χ3n) is 5.51. The summed E-state index contributed by atoms with van der Waals surface area (Å²) >= 11 is 0. The molecule has 156 valence electrons. The predicted octanol–water partition coefficient (Wildman–Crippen LogP) is 0.439. The fourth-order valence-corrected chi connectivity index (χ4v) is 3.82. The first-order valence-corrected chi connectivity index (χ1v) is 9.94. The summed E-state index contributed by atoms with van der Waals surface area (Å²) in [5.74, 6) is -0.0566. The van der Waals surface area contributed by atoms with E-state index in [0.29, 0.717) is 56.8 Å². The monoisotopic (exact) mass is 400 g/mol. The smallest absolute Gasteiger partial charge is 0.255 e. The molecule has 2 aliphatic rings. The van der Waals surface area contributed by atoms with E-state index in [2.05, 4.69) is 10.6 Å². The topological polar surface area (TPSA) is 114 Å². The van der Waals surface area contributed by atoms with E-state index in [1.54, 1.807) is 18.2 Å². The molecule has 1 spiro atoms. The lowest BCUT2D eigenvalue weighted by Gasteiger charge is -2.40. The minimum atomic E-state index is -0.531. The minimum Gasteiger partial charge on any atom is -0.491 e. The zero-order valence-electron chi connectivity index (χ0n) is 16.5. The number of primary amides is 1. The van der Waals surface area contributed by atoms with Gasteiger partial charge in [0.25, 0.3) is 5.91 Å². The summed E-state index contributed by atoms with van der Waals surface area (Å²) in [5, 5.41) is 5.84. The second-order valence-corrected chi connectivity index (χ2v) is 7.51. The van der Waals surface area contributed by atoms with E-state index in [9.17, 15) is 14.4 Å². The van der Waals surface area contributed by atoms with Gasteiger partial charge in [-0.05, 0) is 44.5 Å². The number of ether oxygens (including phenoxy) is 1. The van der Waals surface area contributed by atoms with Gasteiger partial charge in [0, 0.05) is 6.54 Å². The molecule has 0 unspecified atom stereocenters. The summed E-state index contributed by atoms with van der Waals surface area (Å²) in [6, 6.07) is 7.06. The number of nitrogens with one attached hydrogen (secondary N) is 2. The second kappa shape index (κ2) is 9.56. The fraction of sp³-hybridized carbons (Fsp3) is 0.476. The van der Waals surface area contributed by atoms with E-state index in [1.807, 2.05) is 23.1 Å².